The lowest BCUT2D eigenvalue weighted by molar-refractivity contribution is 0.176. The lowest BCUT2D eigenvalue weighted by atomic mass is 9.97. The Morgan fingerprint density at radius 2 is 1.90 bits per heavy atom. The highest BCUT2D eigenvalue weighted by atomic mass is 15.1. The molecule has 0 aromatic rings. The largest absolute Gasteiger partial charge is 0.390 e. The van der Waals surface area contributed by atoms with Crippen molar-refractivity contribution < 1.29 is 0 Å². The fourth-order valence-corrected chi connectivity index (χ4v) is 2.41. The van der Waals surface area contributed by atoms with E-state index in [0.717, 1.165) is 24.8 Å². The minimum Gasteiger partial charge on any atom is -0.390 e. The summed E-state index contributed by atoms with van der Waals surface area (Å²) in [5.41, 5.74) is 1.53. The first kappa shape index (κ1) is 19.2. The number of nitrogens with zero attached hydrogens (tertiary/aromatic N) is 1. The lowest BCUT2D eigenvalue weighted by Gasteiger charge is -2.32. The van der Waals surface area contributed by atoms with E-state index in [0.29, 0.717) is 0 Å². The molecule has 0 saturated carbocycles. The number of allylic oxidation sites excluding steroid dienone is 1. The standard InChI is InChI=1S/C12H22N2.C4H8.C2H6/c1-10-3-5-14(6-4-10)9-12-8-13-7-11(12)2;1-3-4-2;1-2/h7,10,12-13H,3-6,8-9H2,1-2H3;3H,1,4H2,2H3;1-2H3. The van der Waals surface area contributed by atoms with Crippen molar-refractivity contribution >= 4 is 0 Å². The molecular weight excluding hydrogens is 244 g/mol. The van der Waals surface area contributed by atoms with Crippen molar-refractivity contribution in [2.24, 2.45) is 11.8 Å². The summed E-state index contributed by atoms with van der Waals surface area (Å²) >= 11 is 0. The zero-order valence-corrected chi connectivity index (χ0v) is 14.4. The van der Waals surface area contributed by atoms with E-state index in [-0.39, 0.29) is 0 Å². The molecule has 0 aromatic heterocycles. The van der Waals surface area contributed by atoms with Crippen molar-refractivity contribution in [3.63, 3.8) is 0 Å². The average molecular weight is 280 g/mol. The van der Waals surface area contributed by atoms with Crippen molar-refractivity contribution in [3.05, 3.63) is 24.4 Å². The second kappa shape index (κ2) is 12.0. The molecular formula is C18H36N2. The molecule has 118 valence electrons. The molecule has 2 heteroatoms. The predicted octanol–water partition coefficient (Wildman–Crippen LogP) is 4.45. The molecule has 1 N–H and O–H groups in total. The van der Waals surface area contributed by atoms with Crippen molar-refractivity contribution in [2.45, 2.75) is 53.9 Å². The fraction of sp³-hybridized carbons (Fsp3) is 0.778. The molecule has 0 aromatic carbocycles. The van der Waals surface area contributed by atoms with Gasteiger partial charge in [0.05, 0.1) is 0 Å². The maximum Gasteiger partial charge on any atom is 0.0219 e. The Morgan fingerprint density at radius 1 is 1.35 bits per heavy atom. The number of piperidine rings is 1. The zero-order chi connectivity index (χ0) is 15.4. The normalized spacial score (nSPS) is 22.6. The molecule has 1 atom stereocenters. The lowest BCUT2D eigenvalue weighted by Crippen LogP contribution is -2.37. The summed E-state index contributed by atoms with van der Waals surface area (Å²) in [6.45, 7) is 19.2. The quantitative estimate of drug-likeness (QED) is 0.768. The second-order valence-corrected chi connectivity index (χ2v) is 5.67. The summed E-state index contributed by atoms with van der Waals surface area (Å²) in [4.78, 5) is 2.63. The summed E-state index contributed by atoms with van der Waals surface area (Å²) < 4.78 is 0. The summed E-state index contributed by atoms with van der Waals surface area (Å²) in [6.07, 6.45) is 7.92. The van der Waals surface area contributed by atoms with Crippen LogP contribution < -0.4 is 5.32 Å². The minimum absolute atomic E-state index is 0.767. The highest BCUT2D eigenvalue weighted by Crippen LogP contribution is 2.20. The Balaban J connectivity index is 0.000000521. The molecule has 0 amide bonds. The van der Waals surface area contributed by atoms with Gasteiger partial charge >= 0.3 is 0 Å². The van der Waals surface area contributed by atoms with Crippen LogP contribution in [0.15, 0.2) is 24.4 Å². The smallest absolute Gasteiger partial charge is 0.0219 e. The van der Waals surface area contributed by atoms with Gasteiger partial charge in [0.25, 0.3) is 0 Å². The van der Waals surface area contributed by atoms with Crippen LogP contribution in [-0.4, -0.2) is 31.1 Å². The maximum atomic E-state index is 3.48. The van der Waals surface area contributed by atoms with Crippen molar-refractivity contribution in [1.29, 1.82) is 0 Å². The predicted molar refractivity (Wildman–Crippen MR) is 91.9 cm³/mol. The molecule has 0 radical (unpaired) electrons. The zero-order valence-electron chi connectivity index (χ0n) is 14.4. The van der Waals surface area contributed by atoms with Crippen LogP contribution in [0.1, 0.15) is 53.9 Å². The average Bonchev–Trinajstić information content (AvgIpc) is 2.89. The highest BCUT2D eigenvalue weighted by molar-refractivity contribution is 5.09. The van der Waals surface area contributed by atoms with Crippen molar-refractivity contribution in [3.8, 4) is 0 Å². The van der Waals surface area contributed by atoms with Gasteiger partial charge in [-0.25, -0.2) is 0 Å². The third-order valence-electron chi connectivity index (χ3n) is 3.98. The Morgan fingerprint density at radius 3 is 2.30 bits per heavy atom. The third kappa shape index (κ3) is 7.74. The number of nitrogens with one attached hydrogen (secondary N) is 1. The molecule has 1 saturated heterocycles. The molecule has 2 heterocycles. The summed E-state index contributed by atoms with van der Waals surface area (Å²) in [5, 5.41) is 3.33. The van der Waals surface area contributed by atoms with Gasteiger partial charge in [0.15, 0.2) is 0 Å². The summed E-state index contributed by atoms with van der Waals surface area (Å²) in [5.74, 6) is 1.72. The molecule has 1 unspecified atom stereocenters. The third-order valence-corrected chi connectivity index (χ3v) is 3.98. The van der Waals surface area contributed by atoms with E-state index in [1.165, 1.54) is 38.0 Å². The number of hydrogen-bond donors (Lipinski definition) is 1. The van der Waals surface area contributed by atoms with Gasteiger partial charge in [0, 0.05) is 19.0 Å². The topological polar surface area (TPSA) is 15.3 Å². The van der Waals surface area contributed by atoms with Gasteiger partial charge in [-0.3, -0.25) is 0 Å². The van der Waals surface area contributed by atoms with Crippen molar-refractivity contribution in [2.75, 3.05) is 26.2 Å². The van der Waals surface area contributed by atoms with Gasteiger partial charge in [0.1, 0.15) is 0 Å². The number of rotatable bonds is 3. The SMILES string of the molecule is C=CCC.CC.CC1=CNCC1CN1CCC(C)CC1. The maximum absolute atomic E-state index is 3.48. The van der Waals surface area contributed by atoms with Gasteiger partial charge in [-0.15, -0.1) is 6.58 Å². The minimum atomic E-state index is 0.767. The van der Waals surface area contributed by atoms with Crippen LogP contribution >= 0.6 is 0 Å². The van der Waals surface area contributed by atoms with Gasteiger partial charge in [-0.2, -0.15) is 0 Å². The Labute approximate surface area is 127 Å². The van der Waals surface area contributed by atoms with Crippen LogP contribution in [0.3, 0.4) is 0 Å². The van der Waals surface area contributed by atoms with E-state index >= 15 is 0 Å². The molecule has 2 aliphatic heterocycles. The van der Waals surface area contributed by atoms with Gasteiger partial charge < -0.3 is 10.2 Å². The molecule has 0 bridgehead atoms. The van der Waals surface area contributed by atoms with E-state index < -0.39 is 0 Å². The Kier molecular flexibility index (Phi) is 11.6. The van der Waals surface area contributed by atoms with Crippen LogP contribution in [0.2, 0.25) is 0 Å². The Hall–Kier alpha value is -0.760. The summed E-state index contributed by atoms with van der Waals surface area (Å²) in [6, 6.07) is 0. The van der Waals surface area contributed by atoms with E-state index in [4.69, 9.17) is 0 Å². The van der Waals surface area contributed by atoms with Crippen LogP contribution in [0.4, 0.5) is 0 Å². The molecule has 2 aliphatic rings. The van der Waals surface area contributed by atoms with Crippen LogP contribution in [0.25, 0.3) is 0 Å². The Bertz CT molecular complexity index is 263. The van der Waals surface area contributed by atoms with Crippen LogP contribution in [0, 0.1) is 11.8 Å². The molecule has 0 aliphatic carbocycles. The van der Waals surface area contributed by atoms with E-state index in [1.54, 1.807) is 0 Å². The van der Waals surface area contributed by atoms with Gasteiger partial charge in [-0.05, 0) is 51.4 Å². The molecule has 2 nitrogen and oxygen atoms in total. The fourth-order valence-electron chi connectivity index (χ4n) is 2.41. The van der Waals surface area contributed by atoms with E-state index in [9.17, 15) is 0 Å². The van der Waals surface area contributed by atoms with Crippen LogP contribution in [0.5, 0.6) is 0 Å². The molecule has 0 spiro atoms. The molecule has 20 heavy (non-hydrogen) atoms. The monoisotopic (exact) mass is 280 g/mol. The van der Waals surface area contributed by atoms with Crippen LogP contribution in [-0.2, 0) is 0 Å². The first-order valence-corrected chi connectivity index (χ1v) is 8.40. The van der Waals surface area contributed by atoms with Crippen molar-refractivity contribution in [1.82, 2.24) is 10.2 Å². The van der Waals surface area contributed by atoms with E-state index in [2.05, 4.69) is 43.8 Å². The molecule has 2 rings (SSSR count). The number of likely N-dealkylation sites (tertiary alicyclic amines) is 1. The second-order valence-electron chi connectivity index (χ2n) is 5.67. The van der Waals surface area contributed by atoms with Gasteiger partial charge in [-0.1, -0.05) is 39.3 Å². The van der Waals surface area contributed by atoms with Gasteiger partial charge in [0.2, 0.25) is 0 Å². The molecule has 1 fully saturated rings. The highest BCUT2D eigenvalue weighted by Gasteiger charge is 2.21. The summed E-state index contributed by atoms with van der Waals surface area (Å²) in [7, 11) is 0. The number of hydrogen-bond acceptors (Lipinski definition) is 2. The first-order chi connectivity index (χ1) is 9.67. The first-order valence-electron chi connectivity index (χ1n) is 8.40. The van der Waals surface area contributed by atoms with E-state index in [1.807, 2.05) is 19.9 Å².